The second-order valence-corrected chi connectivity index (χ2v) is 8.37. The lowest BCUT2D eigenvalue weighted by Crippen LogP contribution is -2.56. The summed E-state index contributed by atoms with van der Waals surface area (Å²) in [5.41, 5.74) is 4.67. The highest BCUT2D eigenvalue weighted by molar-refractivity contribution is 6.27. The number of hydrogen-bond acceptors (Lipinski definition) is 8. The average molecular weight is 431 g/mol. The molecule has 1 saturated heterocycles. The van der Waals surface area contributed by atoms with Crippen LogP contribution < -0.4 is 5.73 Å². The molecule has 2 aliphatic heterocycles. The maximum absolute atomic E-state index is 13.3. The van der Waals surface area contributed by atoms with Gasteiger partial charge in [-0.2, -0.15) is 0 Å². The van der Waals surface area contributed by atoms with E-state index in [1.165, 1.54) is 19.2 Å². The first-order valence-corrected chi connectivity index (χ1v) is 9.84. The highest BCUT2D eigenvalue weighted by Gasteiger charge is 2.48. The highest BCUT2D eigenvalue weighted by Crippen LogP contribution is 2.34. The molecule has 2 N–H and O–H groups in total. The van der Waals surface area contributed by atoms with Crippen LogP contribution in [0.25, 0.3) is 0 Å². The molecule has 0 spiro atoms. The van der Waals surface area contributed by atoms with Crippen molar-refractivity contribution in [1.29, 1.82) is 0 Å². The third-order valence-electron chi connectivity index (χ3n) is 5.04. The first kappa shape index (κ1) is 22.4. The normalized spacial score (nSPS) is 19.2. The number of fused-ring (bicyclic) bond motifs is 1. The third kappa shape index (κ3) is 4.02. The van der Waals surface area contributed by atoms with Crippen LogP contribution in [-0.2, 0) is 19.1 Å². The standard InChI is InChI=1S/C21H25N3O7/c1-21(2,3)31-20(29)16-12(22)6-5-11-15(16)19(28)24(17(11)26)13-7-8-14(25)23(18(13)27)9-10-30-4/h5-6,13H,7-10,22H2,1-4H3. The summed E-state index contributed by atoms with van der Waals surface area (Å²) in [5.74, 6) is -3.42. The van der Waals surface area contributed by atoms with Crippen molar-refractivity contribution < 1.29 is 33.4 Å². The Labute approximate surface area is 179 Å². The number of benzene rings is 1. The Morgan fingerprint density at radius 3 is 2.45 bits per heavy atom. The number of esters is 1. The van der Waals surface area contributed by atoms with Crippen LogP contribution in [0.4, 0.5) is 5.69 Å². The predicted molar refractivity (Wildman–Crippen MR) is 108 cm³/mol. The van der Waals surface area contributed by atoms with Gasteiger partial charge in [-0.1, -0.05) is 0 Å². The van der Waals surface area contributed by atoms with E-state index >= 15 is 0 Å². The number of amides is 4. The Hall–Kier alpha value is -3.27. The van der Waals surface area contributed by atoms with Gasteiger partial charge in [-0.05, 0) is 39.3 Å². The Bertz CT molecular complexity index is 980. The first-order valence-electron chi connectivity index (χ1n) is 9.84. The molecule has 1 aromatic rings. The van der Waals surface area contributed by atoms with E-state index in [1.54, 1.807) is 20.8 Å². The third-order valence-corrected chi connectivity index (χ3v) is 5.04. The number of rotatable bonds is 5. The number of hydrogen-bond donors (Lipinski definition) is 1. The molecule has 0 saturated carbocycles. The summed E-state index contributed by atoms with van der Waals surface area (Å²) in [4.78, 5) is 65.9. The van der Waals surface area contributed by atoms with E-state index in [-0.39, 0.29) is 48.4 Å². The lowest BCUT2D eigenvalue weighted by molar-refractivity contribution is -0.152. The molecule has 31 heavy (non-hydrogen) atoms. The van der Waals surface area contributed by atoms with Gasteiger partial charge in [0.25, 0.3) is 17.7 Å². The zero-order chi connectivity index (χ0) is 23.1. The number of methoxy groups -OCH3 is 1. The maximum Gasteiger partial charge on any atom is 0.341 e. The van der Waals surface area contributed by atoms with Crippen molar-refractivity contribution in [3.05, 3.63) is 28.8 Å². The van der Waals surface area contributed by atoms with E-state index in [2.05, 4.69) is 0 Å². The van der Waals surface area contributed by atoms with Gasteiger partial charge >= 0.3 is 5.97 Å². The molecule has 0 radical (unpaired) electrons. The van der Waals surface area contributed by atoms with Crippen molar-refractivity contribution in [2.75, 3.05) is 26.0 Å². The van der Waals surface area contributed by atoms with Crippen molar-refractivity contribution in [2.24, 2.45) is 0 Å². The van der Waals surface area contributed by atoms with Crippen LogP contribution in [0.5, 0.6) is 0 Å². The molecule has 1 atom stereocenters. The molecule has 10 heteroatoms. The maximum atomic E-state index is 13.3. The fraction of sp³-hybridized carbons (Fsp3) is 0.476. The summed E-state index contributed by atoms with van der Waals surface area (Å²) in [5, 5.41) is 0. The summed E-state index contributed by atoms with van der Waals surface area (Å²) in [6.45, 7) is 5.14. The van der Waals surface area contributed by atoms with E-state index in [1.807, 2.05) is 0 Å². The highest BCUT2D eigenvalue weighted by atomic mass is 16.6. The van der Waals surface area contributed by atoms with E-state index < -0.39 is 41.2 Å². The minimum Gasteiger partial charge on any atom is -0.456 e. The van der Waals surface area contributed by atoms with E-state index in [9.17, 15) is 24.0 Å². The van der Waals surface area contributed by atoms with Crippen LogP contribution in [0, 0.1) is 0 Å². The summed E-state index contributed by atoms with van der Waals surface area (Å²) >= 11 is 0. The van der Waals surface area contributed by atoms with Gasteiger partial charge in [-0.25, -0.2) is 4.79 Å². The number of carbonyl (C=O) groups is 5. The quantitative estimate of drug-likeness (QED) is 0.414. The van der Waals surface area contributed by atoms with Crippen LogP contribution >= 0.6 is 0 Å². The fourth-order valence-electron chi connectivity index (χ4n) is 3.67. The fourth-order valence-corrected chi connectivity index (χ4v) is 3.67. The van der Waals surface area contributed by atoms with E-state index in [0.29, 0.717) is 0 Å². The first-order chi connectivity index (χ1) is 14.5. The van der Waals surface area contributed by atoms with Crippen molar-refractivity contribution in [2.45, 2.75) is 45.3 Å². The molecule has 1 aromatic carbocycles. The second kappa shape index (κ2) is 8.10. The van der Waals surface area contributed by atoms with Crippen molar-refractivity contribution in [3.8, 4) is 0 Å². The molecular weight excluding hydrogens is 406 g/mol. The average Bonchev–Trinajstić information content (AvgIpc) is 2.91. The van der Waals surface area contributed by atoms with Gasteiger partial charge in [-0.3, -0.25) is 29.0 Å². The van der Waals surface area contributed by atoms with Crippen molar-refractivity contribution >= 4 is 35.3 Å². The van der Waals surface area contributed by atoms with Crippen molar-refractivity contribution in [3.63, 3.8) is 0 Å². The number of nitrogens with two attached hydrogens (primary N) is 1. The molecule has 0 aromatic heterocycles. The molecule has 1 unspecified atom stereocenters. The Kier molecular flexibility index (Phi) is 5.86. The molecule has 1 fully saturated rings. The number of piperidine rings is 1. The number of imide groups is 2. The number of likely N-dealkylation sites (tertiary alicyclic amines) is 1. The minimum atomic E-state index is -1.16. The molecule has 0 bridgehead atoms. The van der Waals surface area contributed by atoms with Gasteiger partial charge in [0.1, 0.15) is 11.6 Å². The molecule has 3 rings (SSSR count). The molecule has 4 amide bonds. The lowest BCUT2D eigenvalue weighted by atomic mass is 10.0. The molecule has 10 nitrogen and oxygen atoms in total. The summed E-state index contributed by atoms with van der Waals surface area (Å²) in [7, 11) is 1.43. The molecular formula is C21H25N3O7. The Morgan fingerprint density at radius 1 is 1.16 bits per heavy atom. The van der Waals surface area contributed by atoms with Crippen LogP contribution in [0.15, 0.2) is 12.1 Å². The molecule has 2 aliphatic rings. The molecule has 0 aliphatic carbocycles. The Morgan fingerprint density at radius 2 is 1.84 bits per heavy atom. The van der Waals surface area contributed by atoms with Gasteiger partial charge in [0.15, 0.2) is 0 Å². The summed E-state index contributed by atoms with van der Waals surface area (Å²) in [6.07, 6.45) is -0.00153. The largest absolute Gasteiger partial charge is 0.456 e. The Balaban J connectivity index is 1.99. The van der Waals surface area contributed by atoms with Gasteiger partial charge < -0.3 is 15.2 Å². The van der Waals surface area contributed by atoms with Gasteiger partial charge in [-0.15, -0.1) is 0 Å². The number of anilines is 1. The van der Waals surface area contributed by atoms with Crippen LogP contribution in [-0.4, -0.2) is 71.3 Å². The number of nitrogen functional groups attached to an aromatic ring is 1. The van der Waals surface area contributed by atoms with Gasteiger partial charge in [0, 0.05) is 19.2 Å². The number of nitrogens with zero attached hydrogens (tertiary/aromatic N) is 2. The SMILES string of the molecule is COCCN1C(=O)CCC(N2C(=O)c3ccc(N)c(C(=O)OC(C)(C)C)c3C2=O)C1=O. The van der Waals surface area contributed by atoms with Crippen LogP contribution in [0.2, 0.25) is 0 Å². The lowest BCUT2D eigenvalue weighted by Gasteiger charge is -2.34. The van der Waals surface area contributed by atoms with Crippen molar-refractivity contribution in [1.82, 2.24) is 9.80 Å². The second-order valence-electron chi connectivity index (χ2n) is 8.37. The summed E-state index contributed by atoms with van der Waals surface area (Å²) in [6, 6.07) is 1.54. The molecule has 166 valence electrons. The number of ether oxygens (including phenoxy) is 2. The monoisotopic (exact) mass is 431 g/mol. The zero-order valence-electron chi connectivity index (χ0n) is 17.9. The predicted octanol–water partition coefficient (Wildman–Crippen LogP) is 0.984. The minimum absolute atomic E-state index is 0.00384. The smallest absolute Gasteiger partial charge is 0.341 e. The number of carbonyl (C=O) groups excluding carboxylic acids is 5. The zero-order valence-corrected chi connectivity index (χ0v) is 17.9. The van der Waals surface area contributed by atoms with E-state index in [0.717, 1.165) is 9.80 Å². The van der Waals surface area contributed by atoms with Gasteiger partial charge in [0.05, 0.1) is 29.8 Å². The summed E-state index contributed by atoms with van der Waals surface area (Å²) < 4.78 is 10.3. The van der Waals surface area contributed by atoms with Crippen LogP contribution in [0.1, 0.15) is 64.7 Å². The topological polar surface area (TPSA) is 136 Å². The van der Waals surface area contributed by atoms with Crippen LogP contribution in [0.3, 0.4) is 0 Å². The van der Waals surface area contributed by atoms with E-state index in [4.69, 9.17) is 15.2 Å². The molecule has 2 heterocycles. The van der Waals surface area contributed by atoms with Gasteiger partial charge in [0.2, 0.25) is 5.91 Å².